The molecular weight excluding hydrogens is 302 g/mol. The van der Waals surface area contributed by atoms with Gasteiger partial charge in [0, 0.05) is 25.6 Å². The number of nitrogens with two attached hydrogens (primary N) is 1. The van der Waals surface area contributed by atoms with Crippen LogP contribution in [0.15, 0.2) is 24.3 Å². The van der Waals surface area contributed by atoms with Crippen molar-refractivity contribution in [1.82, 2.24) is 10.2 Å². The first-order chi connectivity index (χ1) is 11.5. The highest BCUT2D eigenvalue weighted by atomic mass is 16.2. The topological polar surface area (TPSA) is 75.4 Å². The van der Waals surface area contributed by atoms with Gasteiger partial charge in [0.05, 0.1) is 6.54 Å². The second-order valence-corrected chi connectivity index (χ2v) is 7.23. The molecule has 1 aromatic rings. The molecule has 0 spiro atoms. The molecule has 1 saturated heterocycles. The third-order valence-corrected chi connectivity index (χ3v) is 5.46. The molecule has 2 amide bonds. The van der Waals surface area contributed by atoms with Crippen LogP contribution < -0.4 is 11.1 Å². The maximum Gasteiger partial charge on any atom is 0.241 e. The second-order valence-electron chi connectivity index (χ2n) is 7.23. The van der Waals surface area contributed by atoms with Crippen LogP contribution in [-0.2, 0) is 16.0 Å². The van der Waals surface area contributed by atoms with Crippen molar-refractivity contribution in [3.8, 4) is 0 Å². The lowest BCUT2D eigenvalue weighted by atomic mass is 9.98. The molecule has 0 bridgehead atoms. The Balaban J connectivity index is 1.38. The zero-order chi connectivity index (χ0) is 17.1. The standard InChI is InChI=1S/C19H27N3O2/c1-13-2-4-14(5-3-13)6-9-18(23)21-10-19(24)22-11-15-7-8-17(20)16(15)12-22/h2-5,15-17H,6-12,20H2,1H3,(H,21,23). The molecule has 0 radical (unpaired) electrons. The number of hydrogen-bond acceptors (Lipinski definition) is 3. The van der Waals surface area contributed by atoms with Crippen molar-refractivity contribution in [1.29, 1.82) is 0 Å². The summed E-state index contributed by atoms with van der Waals surface area (Å²) in [6, 6.07) is 8.41. The quantitative estimate of drug-likeness (QED) is 0.853. The molecule has 1 saturated carbocycles. The van der Waals surface area contributed by atoms with Gasteiger partial charge in [0.25, 0.3) is 0 Å². The largest absolute Gasteiger partial charge is 0.347 e. The average molecular weight is 329 g/mol. The Labute approximate surface area is 143 Å². The number of carbonyl (C=O) groups is 2. The van der Waals surface area contributed by atoms with Gasteiger partial charge in [-0.1, -0.05) is 29.8 Å². The van der Waals surface area contributed by atoms with E-state index in [2.05, 4.69) is 5.32 Å². The molecule has 1 aliphatic carbocycles. The molecule has 0 aromatic heterocycles. The zero-order valence-corrected chi connectivity index (χ0v) is 14.3. The van der Waals surface area contributed by atoms with Crippen LogP contribution in [0.3, 0.4) is 0 Å². The lowest BCUT2D eigenvalue weighted by molar-refractivity contribution is -0.132. The van der Waals surface area contributed by atoms with Crippen molar-refractivity contribution in [3.63, 3.8) is 0 Å². The lowest BCUT2D eigenvalue weighted by Gasteiger charge is -2.19. The van der Waals surface area contributed by atoms with E-state index in [4.69, 9.17) is 5.73 Å². The summed E-state index contributed by atoms with van der Waals surface area (Å²) in [6.45, 7) is 3.70. The van der Waals surface area contributed by atoms with Crippen LogP contribution in [0.5, 0.6) is 0 Å². The molecule has 130 valence electrons. The molecule has 3 unspecified atom stereocenters. The van der Waals surface area contributed by atoms with E-state index in [9.17, 15) is 9.59 Å². The molecule has 1 heterocycles. The molecular formula is C19H27N3O2. The Bertz CT molecular complexity index is 599. The predicted octanol–water partition coefficient (Wildman–Crippen LogP) is 1.24. The summed E-state index contributed by atoms with van der Waals surface area (Å²) in [5, 5.41) is 2.76. The molecule has 3 N–H and O–H groups in total. The summed E-state index contributed by atoms with van der Waals surface area (Å²) in [6.07, 6.45) is 3.31. The fraction of sp³-hybridized carbons (Fsp3) is 0.579. The maximum absolute atomic E-state index is 12.3. The summed E-state index contributed by atoms with van der Waals surface area (Å²) in [5.74, 6) is 0.952. The van der Waals surface area contributed by atoms with Gasteiger partial charge >= 0.3 is 0 Å². The van der Waals surface area contributed by atoms with Gasteiger partial charge in [-0.2, -0.15) is 0 Å². The Morgan fingerprint density at radius 3 is 2.67 bits per heavy atom. The number of nitrogens with zero attached hydrogens (tertiary/aromatic N) is 1. The number of likely N-dealkylation sites (tertiary alicyclic amines) is 1. The first-order valence-electron chi connectivity index (χ1n) is 8.88. The molecule has 2 fully saturated rings. The zero-order valence-electron chi connectivity index (χ0n) is 14.3. The number of carbonyl (C=O) groups excluding carboxylic acids is 2. The van der Waals surface area contributed by atoms with E-state index in [0.29, 0.717) is 24.7 Å². The molecule has 1 aliphatic heterocycles. The smallest absolute Gasteiger partial charge is 0.241 e. The van der Waals surface area contributed by atoms with E-state index in [1.165, 1.54) is 5.56 Å². The van der Waals surface area contributed by atoms with Crippen molar-refractivity contribution < 1.29 is 9.59 Å². The van der Waals surface area contributed by atoms with Crippen LogP contribution in [-0.4, -0.2) is 42.4 Å². The van der Waals surface area contributed by atoms with Crippen LogP contribution in [0.1, 0.15) is 30.4 Å². The highest BCUT2D eigenvalue weighted by molar-refractivity contribution is 5.85. The predicted molar refractivity (Wildman–Crippen MR) is 93.3 cm³/mol. The lowest BCUT2D eigenvalue weighted by Crippen LogP contribution is -2.40. The van der Waals surface area contributed by atoms with Crippen LogP contribution in [0.4, 0.5) is 0 Å². The van der Waals surface area contributed by atoms with Gasteiger partial charge in [0.15, 0.2) is 0 Å². The van der Waals surface area contributed by atoms with E-state index >= 15 is 0 Å². The van der Waals surface area contributed by atoms with Crippen molar-refractivity contribution in [2.75, 3.05) is 19.6 Å². The van der Waals surface area contributed by atoms with Gasteiger partial charge in [-0.25, -0.2) is 0 Å². The van der Waals surface area contributed by atoms with Gasteiger partial charge in [0.1, 0.15) is 0 Å². The van der Waals surface area contributed by atoms with E-state index in [-0.39, 0.29) is 24.4 Å². The number of hydrogen-bond donors (Lipinski definition) is 2. The Morgan fingerprint density at radius 2 is 1.96 bits per heavy atom. The average Bonchev–Trinajstić information content (AvgIpc) is 3.14. The molecule has 3 rings (SSSR count). The molecule has 24 heavy (non-hydrogen) atoms. The van der Waals surface area contributed by atoms with Gasteiger partial charge in [-0.15, -0.1) is 0 Å². The summed E-state index contributed by atoms with van der Waals surface area (Å²) >= 11 is 0. The second kappa shape index (κ2) is 7.34. The normalized spacial score (nSPS) is 25.6. The first kappa shape index (κ1) is 17.0. The number of amides is 2. The van der Waals surface area contributed by atoms with E-state index < -0.39 is 0 Å². The third kappa shape index (κ3) is 3.96. The van der Waals surface area contributed by atoms with Crippen LogP contribution >= 0.6 is 0 Å². The highest BCUT2D eigenvalue weighted by Gasteiger charge is 2.42. The van der Waals surface area contributed by atoms with Crippen molar-refractivity contribution in [2.45, 2.75) is 38.6 Å². The van der Waals surface area contributed by atoms with Crippen LogP contribution in [0.25, 0.3) is 0 Å². The summed E-state index contributed by atoms with van der Waals surface area (Å²) in [7, 11) is 0. The monoisotopic (exact) mass is 329 g/mol. The maximum atomic E-state index is 12.3. The minimum absolute atomic E-state index is 0.0142. The number of aryl methyl sites for hydroxylation is 2. The van der Waals surface area contributed by atoms with E-state index in [0.717, 1.165) is 31.5 Å². The number of benzene rings is 1. The van der Waals surface area contributed by atoms with Crippen molar-refractivity contribution >= 4 is 11.8 Å². The minimum Gasteiger partial charge on any atom is -0.347 e. The Hall–Kier alpha value is -1.88. The number of fused-ring (bicyclic) bond motifs is 1. The van der Waals surface area contributed by atoms with E-state index in [1.807, 2.05) is 36.1 Å². The third-order valence-electron chi connectivity index (χ3n) is 5.46. The van der Waals surface area contributed by atoms with Gasteiger partial charge in [-0.05, 0) is 43.6 Å². The Kier molecular flexibility index (Phi) is 5.19. The minimum atomic E-state index is -0.0694. The number of rotatable bonds is 5. The Morgan fingerprint density at radius 1 is 1.21 bits per heavy atom. The molecule has 5 heteroatoms. The van der Waals surface area contributed by atoms with Gasteiger partial charge < -0.3 is 16.0 Å². The fourth-order valence-corrected chi connectivity index (χ4v) is 3.90. The summed E-state index contributed by atoms with van der Waals surface area (Å²) < 4.78 is 0. The molecule has 2 aliphatic rings. The number of nitrogens with one attached hydrogen (secondary N) is 1. The van der Waals surface area contributed by atoms with E-state index in [1.54, 1.807) is 0 Å². The first-order valence-corrected chi connectivity index (χ1v) is 8.88. The fourth-order valence-electron chi connectivity index (χ4n) is 3.90. The van der Waals surface area contributed by atoms with Crippen LogP contribution in [0, 0.1) is 18.8 Å². The molecule has 5 nitrogen and oxygen atoms in total. The van der Waals surface area contributed by atoms with Crippen molar-refractivity contribution in [2.24, 2.45) is 17.6 Å². The SMILES string of the molecule is Cc1ccc(CCC(=O)NCC(=O)N2CC3CCC(N)C3C2)cc1. The van der Waals surface area contributed by atoms with Crippen LogP contribution in [0.2, 0.25) is 0 Å². The molecule has 3 atom stereocenters. The summed E-state index contributed by atoms with van der Waals surface area (Å²) in [5.41, 5.74) is 8.45. The van der Waals surface area contributed by atoms with Gasteiger partial charge in [-0.3, -0.25) is 9.59 Å². The van der Waals surface area contributed by atoms with Crippen molar-refractivity contribution in [3.05, 3.63) is 35.4 Å². The summed E-state index contributed by atoms with van der Waals surface area (Å²) in [4.78, 5) is 26.1. The highest BCUT2D eigenvalue weighted by Crippen LogP contribution is 2.36. The molecule has 1 aromatic carbocycles. The van der Waals surface area contributed by atoms with Gasteiger partial charge in [0.2, 0.25) is 11.8 Å².